The van der Waals surface area contributed by atoms with E-state index in [0.717, 1.165) is 30.8 Å². The molecule has 2 aromatic carbocycles. The first kappa shape index (κ1) is 45.9. The Morgan fingerprint density at radius 3 is 2.52 bits per heavy atom. The molecule has 2 aliphatic carbocycles. The van der Waals surface area contributed by atoms with E-state index in [0.29, 0.717) is 44.9 Å². The number of methoxy groups -OCH3 is 1. The van der Waals surface area contributed by atoms with Gasteiger partial charge in [-0.1, -0.05) is 45.0 Å². The van der Waals surface area contributed by atoms with E-state index in [2.05, 4.69) is 18.0 Å². The number of hydrogen-bond donors (Lipinski definition) is 2. The second-order valence-electron chi connectivity index (χ2n) is 18.6. The Morgan fingerprint density at radius 2 is 1.86 bits per heavy atom. The number of benzene rings is 2. The van der Waals surface area contributed by atoms with Crippen molar-refractivity contribution < 1.29 is 38.1 Å². The van der Waals surface area contributed by atoms with E-state index in [9.17, 15) is 24.3 Å². The molecule has 2 aromatic heterocycles. The van der Waals surface area contributed by atoms with Crippen molar-refractivity contribution in [3.8, 4) is 29.0 Å². The molecule has 2 N–H and O–H groups in total. The number of Topliss-reactive ketones (excluding diaryl/α,β-unsaturated/α-hetero) is 1. The van der Waals surface area contributed by atoms with Gasteiger partial charge in [0.1, 0.15) is 29.4 Å². The number of hydrogen-bond acceptors (Lipinski definition) is 12. The number of ketones is 1. The summed E-state index contributed by atoms with van der Waals surface area (Å²) in [5.74, 6) is -1.38. The van der Waals surface area contributed by atoms with Gasteiger partial charge in [0.25, 0.3) is 0 Å². The minimum Gasteiger partial charge on any atom is -0.497 e. The van der Waals surface area contributed by atoms with E-state index in [1.807, 2.05) is 64.3 Å². The van der Waals surface area contributed by atoms with Gasteiger partial charge in [-0.3, -0.25) is 18.9 Å². The predicted molar refractivity (Wildman–Crippen MR) is 244 cm³/mol. The molecule has 0 radical (unpaired) electrons. The molecule has 3 heterocycles. The molecular formula is C48H58N5O8PS. The molecule has 6 atom stereocenters. The van der Waals surface area contributed by atoms with Crippen molar-refractivity contribution in [2.45, 2.75) is 122 Å². The molecule has 15 heteroatoms. The third kappa shape index (κ3) is 10.0. The van der Waals surface area contributed by atoms with Crippen LogP contribution in [-0.2, 0) is 29.8 Å². The summed E-state index contributed by atoms with van der Waals surface area (Å²) < 4.78 is 32.7. The van der Waals surface area contributed by atoms with Crippen LogP contribution in [0, 0.1) is 28.6 Å². The first-order valence-corrected chi connectivity index (χ1v) is 24.5. The number of thiazole rings is 1. The van der Waals surface area contributed by atoms with E-state index >= 15 is 4.79 Å². The van der Waals surface area contributed by atoms with Gasteiger partial charge < -0.3 is 29.3 Å². The Kier molecular flexibility index (Phi) is 13.5. The minimum absolute atomic E-state index is 0.0260. The van der Waals surface area contributed by atoms with E-state index in [1.54, 1.807) is 37.5 Å². The maximum atomic E-state index is 15.0. The number of rotatable bonds is 17. The van der Waals surface area contributed by atoms with Gasteiger partial charge in [-0.2, -0.15) is 5.26 Å². The highest BCUT2D eigenvalue weighted by Gasteiger charge is 2.65. The van der Waals surface area contributed by atoms with Crippen LogP contribution in [0.1, 0.15) is 97.1 Å². The summed E-state index contributed by atoms with van der Waals surface area (Å²) in [4.78, 5) is 66.5. The molecule has 3 aliphatic rings. The smallest absolute Gasteiger partial charge is 0.306 e. The van der Waals surface area contributed by atoms with Gasteiger partial charge in [0.15, 0.2) is 10.9 Å². The van der Waals surface area contributed by atoms with Crippen molar-refractivity contribution >= 4 is 52.4 Å². The van der Waals surface area contributed by atoms with E-state index < -0.39 is 47.9 Å². The van der Waals surface area contributed by atoms with Gasteiger partial charge in [0, 0.05) is 41.8 Å². The number of esters is 1. The lowest BCUT2D eigenvalue weighted by atomic mass is 9.77. The lowest BCUT2D eigenvalue weighted by Crippen LogP contribution is -2.48. The molecule has 1 unspecified atom stereocenters. The number of nitriles is 1. The Balaban J connectivity index is 1.23. The standard InChI is InChI=1S/C48H58N5O8PS/c1-8-32-23-48(32,62(57,58)27-31-14-10-9-13-30(31)25-49)24-42(54)41-20-35(26-53(41)45(56)37(47(4,5)6)21-44(55)61-33-15-11-12-16-33)60-43-22-39(40-28-63-46(52-40)50-29(2)3)51-38-19-34(59-7)17-18-36(38)43/h8-10,13-14,17-19,22,28-29,32-33,35,37,41H,1,11-12,15-16,20-21,23-24,26-27H2,2-7H3,(H,50,52)(H,57,58)/t32-,35-,37-,41+,48-/m1/s1. The maximum absolute atomic E-state index is 15.0. The number of allylic oxidation sites excluding steroid dienone is 1. The van der Waals surface area contributed by atoms with Crippen molar-refractivity contribution in [2.24, 2.45) is 17.3 Å². The molecule has 3 fully saturated rings. The zero-order valence-corrected chi connectivity index (χ0v) is 38.7. The number of pyridine rings is 1. The van der Waals surface area contributed by atoms with E-state index in [-0.39, 0.29) is 62.2 Å². The monoisotopic (exact) mass is 895 g/mol. The highest BCUT2D eigenvalue weighted by molar-refractivity contribution is 7.59. The van der Waals surface area contributed by atoms with Crippen LogP contribution in [0.3, 0.4) is 0 Å². The predicted octanol–water partition coefficient (Wildman–Crippen LogP) is 9.32. The first-order valence-electron chi connectivity index (χ1n) is 21.8. The van der Waals surface area contributed by atoms with Crippen molar-refractivity contribution in [1.29, 1.82) is 5.26 Å². The first-order chi connectivity index (χ1) is 29.9. The number of aromatic nitrogens is 2. The molecule has 1 aliphatic heterocycles. The zero-order chi connectivity index (χ0) is 45.3. The average Bonchev–Trinajstić information content (AvgIpc) is 3.63. The Labute approximate surface area is 373 Å². The van der Waals surface area contributed by atoms with Crippen LogP contribution in [0.5, 0.6) is 11.5 Å². The molecule has 1 saturated heterocycles. The molecule has 63 heavy (non-hydrogen) atoms. The fourth-order valence-corrected chi connectivity index (χ4v) is 12.6. The maximum Gasteiger partial charge on any atom is 0.306 e. The van der Waals surface area contributed by atoms with Gasteiger partial charge >= 0.3 is 5.97 Å². The number of amides is 1. The summed E-state index contributed by atoms with van der Waals surface area (Å²) in [6.07, 6.45) is 3.98. The summed E-state index contributed by atoms with van der Waals surface area (Å²) >= 11 is 1.46. The summed E-state index contributed by atoms with van der Waals surface area (Å²) in [6.45, 7) is 13.7. The van der Waals surface area contributed by atoms with Crippen LogP contribution >= 0.6 is 18.7 Å². The third-order valence-corrected chi connectivity index (χ3v) is 16.4. The lowest BCUT2D eigenvalue weighted by molar-refractivity contribution is -0.156. The molecular weight excluding hydrogens is 838 g/mol. The Hall–Kier alpha value is -5.09. The topological polar surface area (TPSA) is 181 Å². The van der Waals surface area contributed by atoms with Gasteiger partial charge in [-0.25, -0.2) is 9.97 Å². The zero-order valence-electron chi connectivity index (χ0n) is 37.0. The molecule has 0 spiro atoms. The van der Waals surface area contributed by atoms with Crippen LogP contribution in [0.25, 0.3) is 22.3 Å². The van der Waals surface area contributed by atoms with E-state index in [4.69, 9.17) is 24.2 Å². The summed E-state index contributed by atoms with van der Waals surface area (Å²) in [6, 6.07) is 15.2. The second kappa shape index (κ2) is 18.6. The SMILES string of the molecule is C=C[C@@H]1C[C@]1(CC(=O)[C@@H]1C[C@@H](Oc2cc(-c3csc(NC(C)C)n3)nc3cc(OC)ccc23)CN1C(=O)[C@@H](CC(=O)OC1CCCC1)C(C)(C)C)P(=O)(O)Cc1ccccc1C#N. The molecule has 13 nitrogen and oxygen atoms in total. The fourth-order valence-electron chi connectivity index (χ4n) is 9.15. The molecule has 0 bridgehead atoms. The summed E-state index contributed by atoms with van der Waals surface area (Å²) in [7, 11) is -2.57. The molecule has 4 aromatic rings. The molecule has 334 valence electrons. The van der Waals surface area contributed by atoms with Crippen molar-refractivity contribution in [3.63, 3.8) is 0 Å². The van der Waals surface area contributed by atoms with Crippen LogP contribution in [0.15, 0.2) is 66.6 Å². The number of fused-ring (bicyclic) bond motifs is 1. The Morgan fingerprint density at radius 1 is 1.11 bits per heavy atom. The van der Waals surface area contributed by atoms with Gasteiger partial charge in [0.2, 0.25) is 13.3 Å². The van der Waals surface area contributed by atoms with Crippen molar-refractivity contribution in [1.82, 2.24) is 14.9 Å². The second-order valence-corrected chi connectivity index (χ2v) is 22.1. The van der Waals surface area contributed by atoms with Crippen molar-refractivity contribution in [2.75, 3.05) is 19.0 Å². The summed E-state index contributed by atoms with van der Waals surface area (Å²) in [5.41, 5.74) is 1.85. The number of carbonyl (C=O) groups is 3. The fraction of sp³-hybridized carbons (Fsp3) is 0.500. The highest BCUT2D eigenvalue weighted by atomic mass is 32.1. The van der Waals surface area contributed by atoms with Crippen LogP contribution in [0.4, 0.5) is 5.13 Å². The highest BCUT2D eigenvalue weighted by Crippen LogP contribution is 2.74. The number of carbonyl (C=O) groups excluding carboxylic acids is 3. The lowest BCUT2D eigenvalue weighted by Gasteiger charge is -2.35. The van der Waals surface area contributed by atoms with Crippen LogP contribution in [0.2, 0.25) is 0 Å². The van der Waals surface area contributed by atoms with Gasteiger partial charge in [-0.15, -0.1) is 17.9 Å². The molecule has 2 saturated carbocycles. The number of likely N-dealkylation sites (tertiary alicyclic amines) is 1. The minimum atomic E-state index is -4.15. The van der Waals surface area contributed by atoms with E-state index in [1.165, 1.54) is 16.2 Å². The number of ether oxygens (including phenoxy) is 3. The average molecular weight is 896 g/mol. The quantitative estimate of drug-likeness (QED) is 0.0583. The Bertz CT molecular complexity index is 2470. The molecule has 1 amide bonds. The summed E-state index contributed by atoms with van der Waals surface area (Å²) in [5, 5.41) is 15.1. The number of nitrogens with one attached hydrogen (secondary N) is 1. The van der Waals surface area contributed by atoms with Crippen LogP contribution < -0.4 is 14.8 Å². The normalized spacial score (nSPS) is 22.6. The molecule has 7 rings (SSSR count). The van der Waals surface area contributed by atoms with Crippen molar-refractivity contribution in [3.05, 3.63) is 77.7 Å². The number of nitrogens with zero attached hydrogens (tertiary/aromatic N) is 4. The van der Waals surface area contributed by atoms with Gasteiger partial charge in [0.05, 0.1) is 66.2 Å². The largest absolute Gasteiger partial charge is 0.497 e. The van der Waals surface area contributed by atoms with Crippen LogP contribution in [-0.4, -0.2) is 80.5 Å². The van der Waals surface area contributed by atoms with Gasteiger partial charge in [-0.05, 0) is 81.0 Å². The third-order valence-electron chi connectivity index (χ3n) is 12.8. The number of anilines is 1.